The summed E-state index contributed by atoms with van der Waals surface area (Å²) in [5.74, 6) is -3.46. The zero-order valence-electron chi connectivity index (χ0n) is 24.0. The van der Waals surface area contributed by atoms with Gasteiger partial charge in [-0.1, -0.05) is 17.7 Å². The van der Waals surface area contributed by atoms with Crippen LogP contribution in [0.5, 0.6) is 5.75 Å². The van der Waals surface area contributed by atoms with Crippen LogP contribution in [0.4, 0.5) is 32.7 Å². The summed E-state index contributed by atoms with van der Waals surface area (Å²) in [6.45, 7) is 1.80. The molecule has 0 saturated carbocycles. The predicted molar refractivity (Wildman–Crippen MR) is 148 cm³/mol. The number of aryl methyl sites for hydroxylation is 2. The number of carboxylic acids is 1. The normalized spacial score (nSPS) is 19.5. The van der Waals surface area contributed by atoms with E-state index in [1.807, 2.05) is 0 Å². The molecule has 3 heterocycles. The van der Waals surface area contributed by atoms with Crippen LogP contribution in [0.1, 0.15) is 47.4 Å². The van der Waals surface area contributed by atoms with E-state index < -0.39 is 55.0 Å². The van der Waals surface area contributed by atoms with Crippen LogP contribution in [0.3, 0.4) is 0 Å². The van der Waals surface area contributed by atoms with Crippen LogP contribution in [0.25, 0.3) is 11.1 Å². The summed E-state index contributed by atoms with van der Waals surface area (Å²) >= 11 is 0. The number of aliphatic carboxylic acids is 1. The van der Waals surface area contributed by atoms with E-state index in [1.54, 1.807) is 25.1 Å². The monoisotopic (exact) mass is 620 g/mol. The third-order valence-corrected chi connectivity index (χ3v) is 7.63. The first kappa shape index (κ1) is 31.0. The van der Waals surface area contributed by atoms with Gasteiger partial charge in [0.15, 0.2) is 0 Å². The maximum absolute atomic E-state index is 13.7. The molecule has 2 atom stereocenters. The zero-order valence-corrected chi connectivity index (χ0v) is 24.0. The van der Waals surface area contributed by atoms with Crippen molar-refractivity contribution >= 4 is 18.0 Å². The molecule has 1 aromatic heterocycles. The van der Waals surface area contributed by atoms with E-state index in [1.165, 1.54) is 36.1 Å². The molecule has 2 fully saturated rings. The summed E-state index contributed by atoms with van der Waals surface area (Å²) in [5, 5.41) is 9.13. The van der Waals surface area contributed by atoms with Gasteiger partial charge in [0.1, 0.15) is 11.9 Å². The van der Waals surface area contributed by atoms with Crippen molar-refractivity contribution < 1.29 is 46.1 Å². The number of ether oxygens (including phenoxy) is 2. The number of nitrogens with zero attached hydrogens (tertiary/aromatic N) is 4. The van der Waals surface area contributed by atoms with E-state index in [4.69, 9.17) is 14.6 Å². The van der Waals surface area contributed by atoms with Crippen molar-refractivity contribution in [3.8, 4) is 16.9 Å². The standard InChI is InChI=1S/C30H29F5N4O5/c1-16-8-19(11-20(9-16)30(33,34)35)26-17(2)39(28(42)44-26)13-23-22(12-36-27(37-23)38-14-29(31,32)15-38)21-10-18(5-7-25(40)41)4-6-24(21)43-3/h4,6,8-12,17,26H,5,7,13-15H2,1-3H3,(H,40,41)/t17-,26-/m0/s1. The van der Waals surface area contributed by atoms with Gasteiger partial charge < -0.3 is 19.5 Å². The fourth-order valence-corrected chi connectivity index (χ4v) is 5.39. The quantitative estimate of drug-likeness (QED) is 0.289. The highest BCUT2D eigenvalue weighted by atomic mass is 19.4. The zero-order chi connectivity index (χ0) is 32.0. The summed E-state index contributed by atoms with van der Waals surface area (Å²) in [4.78, 5) is 35.7. The van der Waals surface area contributed by atoms with E-state index in [-0.39, 0.29) is 36.6 Å². The van der Waals surface area contributed by atoms with Crippen molar-refractivity contribution in [3.63, 3.8) is 0 Å². The Labute approximate surface area is 249 Å². The lowest BCUT2D eigenvalue weighted by Crippen LogP contribution is -2.57. The smallest absolute Gasteiger partial charge is 0.416 e. The number of alkyl halides is 5. The highest BCUT2D eigenvalue weighted by Gasteiger charge is 2.46. The first-order valence-electron chi connectivity index (χ1n) is 13.7. The minimum atomic E-state index is -4.59. The van der Waals surface area contributed by atoms with Gasteiger partial charge in [0.2, 0.25) is 5.95 Å². The number of anilines is 1. The first-order chi connectivity index (χ1) is 20.6. The van der Waals surface area contributed by atoms with Gasteiger partial charge in [-0.05, 0) is 55.7 Å². The second-order valence-electron chi connectivity index (χ2n) is 11.0. The number of aromatic nitrogens is 2. The third kappa shape index (κ3) is 6.38. The number of methoxy groups -OCH3 is 1. The Kier molecular flexibility index (Phi) is 8.12. The van der Waals surface area contributed by atoms with Crippen molar-refractivity contribution in [2.75, 3.05) is 25.1 Å². The summed E-state index contributed by atoms with van der Waals surface area (Å²) in [6.07, 6.45) is -4.88. The van der Waals surface area contributed by atoms with Crippen molar-refractivity contribution in [2.45, 2.75) is 57.5 Å². The highest BCUT2D eigenvalue weighted by molar-refractivity contribution is 5.75. The number of carboxylic acid groups (broad SMARTS) is 1. The van der Waals surface area contributed by atoms with E-state index in [0.717, 1.165) is 12.1 Å². The third-order valence-electron chi connectivity index (χ3n) is 7.63. The second kappa shape index (κ2) is 11.5. The van der Waals surface area contributed by atoms with E-state index >= 15 is 0 Å². The van der Waals surface area contributed by atoms with Crippen LogP contribution in [0.15, 0.2) is 42.6 Å². The van der Waals surface area contributed by atoms with Crippen LogP contribution in [0, 0.1) is 6.92 Å². The maximum Gasteiger partial charge on any atom is 0.416 e. The Morgan fingerprint density at radius 2 is 1.89 bits per heavy atom. The van der Waals surface area contributed by atoms with Gasteiger partial charge in [-0.2, -0.15) is 13.2 Å². The van der Waals surface area contributed by atoms with E-state index in [0.29, 0.717) is 28.0 Å². The van der Waals surface area contributed by atoms with Crippen LogP contribution in [0.2, 0.25) is 0 Å². The number of amides is 1. The van der Waals surface area contributed by atoms with E-state index in [2.05, 4.69) is 9.97 Å². The van der Waals surface area contributed by atoms with Crippen molar-refractivity contribution in [2.24, 2.45) is 0 Å². The Balaban J connectivity index is 1.52. The molecule has 2 aliphatic rings. The maximum atomic E-state index is 13.7. The number of carbonyl (C=O) groups is 2. The Bertz CT molecular complexity index is 1590. The van der Waals surface area contributed by atoms with Crippen LogP contribution < -0.4 is 9.64 Å². The molecule has 2 saturated heterocycles. The Morgan fingerprint density at radius 3 is 2.52 bits per heavy atom. The molecule has 0 unspecified atom stereocenters. The van der Waals surface area contributed by atoms with Gasteiger partial charge in [-0.15, -0.1) is 0 Å². The minimum Gasteiger partial charge on any atom is -0.496 e. The first-order valence-corrected chi connectivity index (χ1v) is 13.7. The predicted octanol–water partition coefficient (Wildman–Crippen LogP) is 6.03. The van der Waals surface area contributed by atoms with Gasteiger partial charge in [0, 0.05) is 23.7 Å². The number of benzene rings is 2. The molecule has 2 aromatic carbocycles. The van der Waals surface area contributed by atoms with Crippen LogP contribution >= 0.6 is 0 Å². The van der Waals surface area contributed by atoms with Crippen LogP contribution in [-0.4, -0.2) is 64.2 Å². The SMILES string of the molecule is COc1ccc(CCC(=O)O)cc1-c1cnc(N2CC(F)(F)C2)nc1CN1C(=O)O[C@H](c2cc(C)cc(C(F)(F)F)c2)[C@@H]1C. The Hall–Kier alpha value is -4.49. The number of cyclic esters (lactones) is 1. The number of hydrogen-bond acceptors (Lipinski definition) is 7. The van der Waals surface area contributed by atoms with Gasteiger partial charge in [-0.3, -0.25) is 9.69 Å². The molecule has 0 bridgehead atoms. The molecule has 3 aromatic rings. The molecule has 1 amide bonds. The summed E-state index contributed by atoms with van der Waals surface area (Å²) in [5.41, 5.74) is 1.47. The average Bonchev–Trinajstić information content (AvgIpc) is 3.22. The van der Waals surface area contributed by atoms with Crippen molar-refractivity contribution in [3.05, 3.63) is 70.5 Å². The lowest BCUT2D eigenvalue weighted by molar-refractivity contribution is -0.138. The largest absolute Gasteiger partial charge is 0.496 e. The summed E-state index contributed by atoms with van der Waals surface area (Å²) in [6, 6.07) is 7.84. The van der Waals surface area contributed by atoms with E-state index in [9.17, 15) is 31.5 Å². The molecular weight excluding hydrogens is 591 g/mol. The fraction of sp³-hybridized carbons (Fsp3) is 0.400. The molecule has 0 spiro atoms. The molecule has 5 rings (SSSR count). The summed E-state index contributed by atoms with van der Waals surface area (Å²) < 4.78 is 79.0. The Morgan fingerprint density at radius 1 is 1.16 bits per heavy atom. The number of carbonyl (C=O) groups excluding carboxylic acids is 1. The lowest BCUT2D eigenvalue weighted by Gasteiger charge is -2.38. The average molecular weight is 621 g/mol. The number of rotatable bonds is 9. The van der Waals surface area contributed by atoms with Gasteiger partial charge in [-0.25, -0.2) is 23.5 Å². The van der Waals surface area contributed by atoms with Crippen LogP contribution in [-0.2, 0) is 28.7 Å². The molecule has 14 heteroatoms. The van der Waals surface area contributed by atoms with Gasteiger partial charge >= 0.3 is 18.2 Å². The number of halogens is 5. The van der Waals surface area contributed by atoms with Crippen molar-refractivity contribution in [1.29, 1.82) is 0 Å². The molecule has 0 aliphatic carbocycles. The second-order valence-corrected chi connectivity index (χ2v) is 11.0. The van der Waals surface area contributed by atoms with Crippen molar-refractivity contribution in [1.82, 2.24) is 14.9 Å². The number of hydrogen-bond donors (Lipinski definition) is 1. The topological polar surface area (TPSA) is 105 Å². The lowest BCUT2D eigenvalue weighted by atomic mass is 9.97. The summed E-state index contributed by atoms with van der Waals surface area (Å²) in [7, 11) is 1.44. The fourth-order valence-electron chi connectivity index (χ4n) is 5.39. The molecule has 234 valence electrons. The molecule has 44 heavy (non-hydrogen) atoms. The molecule has 9 nitrogen and oxygen atoms in total. The molecule has 2 aliphatic heterocycles. The minimum absolute atomic E-state index is 0.0148. The molecule has 1 N–H and O–H groups in total. The molecular formula is C30H29F5N4O5. The van der Waals surface area contributed by atoms with Gasteiger partial charge in [0.05, 0.1) is 44.0 Å². The molecule has 0 radical (unpaired) electrons. The highest BCUT2D eigenvalue weighted by Crippen LogP contribution is 2.40. The van der Waals surface area contributed by atoms with Gasteiger partial charge in [0.25, 0.3) is 5.92 Å².